The first-order valence-electron chi connectivity index (χ1n) is 6.10. The molecule has 0 aliphatic rings. The number of nitrogens with one attached hydrogen (secondary N) is 1. The number of amidine groups is 1. The van der Waals surface area contributed by atoms with Crippen LogP contribution in [0.15, 0.2) is 55.1 Å². The highest BCUT2D eigenvalue weighted by atomic mass is 19.1. The molecule has 0 radical (unpaired) electrons. The van der Waals surface area contributed by atoms with Gasteiger partial charge in [0, 0.05) is 11.1 Å². The molecule has 3 nitrogen and oxygen atoms in total. The lowest BCUT2D eigenvalue weighted by atomic mass is 10.0. The largest absolute Gasteiger partial charge is 0.490 e. The van der Waals surface area contributed by atoms with Gasteiger partial charge in [-0.3, -0.25) is 5.41 Å². The fourth-order valence-electron chi connectivity index (χ4n) is 1.80. The Balaban J connectivity index is 2.27. The zero-order valence-electron chi connectivity index (χ0n) is 10.9. The Hall–Kier alpha value is -2.62. The van der Waals surface area contributed by atoms with Gasteiger partial charge in [0.15, 0.2) is 0 Å². The Morgan fingerprint density at radius 3 is 2.50 bits per heavy atom. The van der Waals surface area contributed by atoms with E-state index >= 15 is 0 Å². The van der Waals surface area contributed by atoms with E-state index in [0.717, 1.165) is 5.56 Å². The molecule has 0 fully saturated rings. The third-order valence-electron chi connectivity index (χ3n) is 2.81. The molecule has 20 heavy (non-hydrogen) atoms. The van der Waals surface area contributed by atoms with E-state index in [1.807, 2.05) is 0 Å². The maximum Gasteiger partial charge on any atom is 0.131 e. The van der Waals surface area contributed by atoms with Crippen LogP contribution in [0.5, 0.6) is 5.75 Å². The van der Waals surface area contributed by atoms with Gasteiger partial charge in [-0.15, -0.1) is 0 Å². The number of nitrogens with two attached hydrogens (primary N) is 1. The van der Waals surface area contributed by atoms with Crippen molar-refractivity contribution in [1.82, 2.24) is 0 Å². The summed E-state index contributed by atoms with van der Waals surface area (Å²) >= 11 is 0. The topological polar surface area (TPSA) is 59.1 Å². The lowest BCUT2D eigenvalue weighted by Crippen LogP contribution is -2.11. The molecule has 2 aromatic rings. The Morgan fingerprint density at radius 2 is 1.95 bits per heavy atom. The first-order valence-corrected chi connectivity index (χ1v) is 6.10. The van der Waals surface area contributed by atoms with Crippen molar-refractivity contribution >= 4 is 5.84 Å². The Kier molecular flexibility index (Phi) is 4.15. The average Bonchev–Trinajstić information content (AvgIpc) is 2.45. The van der Waals surface area contributed by atoms with Crippen molar-refractivity contribution in [2.75, 3.05) is 6.61 Å². The van der Waals surface area contributed by atoms with Gasteiger partial charge in [0.1, 0.15) is 24.0 Å². The molecule has 3 N–H and O–H groups in total. The summed E-state index contributed by atoms with van der Waals surface area (Å²) in [5, 5.41) is 7.29. The van der Waals surface area contributed by atoms with Crippen LogP contribution in [0.25, 0.3) is 11.1 Å². The van der Waals surface area contributed by atoms with Crippen molar-refractivity contribution in [3.8, 4) is 16.9 Å². The summed E-state index contributed by atoms with van der Waals surface area (Å²) in [6.07, 6.45) is 1.66. The lowest BCUT2D eigenvalue weighted by Gasteiger charge is -2.07. The van der Waals surface area contributed by atoms with E-state index in [0.29, 0.717) is 23.5 Å². The van der Waals surface area contributed by atoms with Crippen LogP contribution in [-0.4, -0.2) is 12.4 Å². The Labute approximate surface area is 117 Å². The Morgan fingerprint density at radius 1 is 1.25 bits per heavy atom. The zero-order chi connectivity index (χ0) is 14.5. The molecule has 0 atom stereocenters. The third kappa shape index (κ3) is 3.03. The number of ether oxygens (including phenoxy) is 1. The summed E-state index contributed by atoms with van der Waals surface area (Å²) in [6, 6.07) is 11.6. The van der Waals surface area contributed by atoms with E-state index < -0.39 is 5.82 Å². The maximum absolute atomic E-state index is 14.0. The van der Waals surface area contributed by atoms with E-state index in [-0.39, 0.29) is 5.84 Å². The Bertz CT molecular complexity index is 635. The molecule has 0 aliphatic carbocycles. The van der Waals surface area contributed by atoms with E-state index in [4.69, 9.17) is 15.9 Å². The molecule has 0 unspecified atom stereocenters. The van der Waals surface area contributed by atoms with Crippen LogP contribution >= 0.6 is 0 Å². The molecular formula is C16H15FN2O. The van der Waals surface area contributed by atoms with Crippen LogP contribution in [0.3, 0.4) is 0 Å². The van der Waals surface area contributed by atoms with Crippen molar-refractivity contribution in [3.63, 3.8) is 0 Å². The molecule has 2 aromatic carbocycles. The second kappa shape index (κ2) is 6.02. The maximum atomic E-state index is 14.0. The predicted octanol–water partition coefficient (Wildman–Crippen LogP) is 3.34. The van der Waals surface area contributed by atoms with Crippen molar-refractivity contribution in [2.24, 2.45) is 5.73 Å². The number of halogens is 1. The fraction of sp³-hybridized carbons (Fsp3) is 0.0625. The number of hydrogen-bond acceptors (Lipinski definition) is 2. The molecule has 0 spiro atoms. The second-order valence-corrected chi connectivity index (χ2v) is 4.23. The first-order chi connectivity index (χ1) is 9.61. The summed E-state index contributed by atoms with van der Waals surface area (Å²) in [5.74, 6) is 0.149. The summed E-state index contributed by atoms with van der Waals surface area (Å²) in [7, 11) is 0. The van der Waals surface area contributed by atoms with Crippen molar-refractivity contribution in [2.45, 2.75) is 0 Å². The molecule has 0 aromatic heterocycles. The third-order valence-corrected chi connectivity index (χ3v) is 2.81. The van der Waals surface area contributed by atoms with Gasteiger partial charge in [0.05, 0.1) is 0 Å². The minimum Gasteiger partial charge on any atom is -0.490 e. The van der Waals surface area contributed by atoms with Gasteiger partial charge >= 0.3 is 0 Å². The molecule has 4 heteroatoms. The average molecular weight is 270 g/mol. The van der Waals surface area contributed by atoms with E-state index in [2.05, 4.69) is 6.58 Å². The minimum atomic E-state index is -0.405. The zero-order valence-corrected chi connectivity index (χ0v) is 10.9. The van der Waals surface area contributed by atoms with E-state index in [1.54, 1.807) is 42.5 Å². The molecule has 0 saturated carbocycles. The van der Waals surface area contributed by atoms with Gasteiger partial charge in [0.25, 0.3) is 0 Å². The van der Waals surface area contributed by atoms with Crippen LogP contribution in [-0.2, 0) is 0 Å². The minimum absolute atomic E-state index is 0.149. The molecule has 0 aliphatic heterocycles. The highest BCUT2D eigenvalue weighted by Crippen LogP contribution is 2.25. The monoisotopic (exact) mass is 270 g/mol. The summed E-state index contributed by atoms with van der Waals surface area (Å²) in [4.78, 5) is 0. The highest BCUT2D eigenvalue weighted by molar-refractivity contribution is 5.95. The molecule has 102 valence electrons. The molecule has 0 amide bonds. The van der Waals surface area contributed by atoms with Crippen molar-refractivity contribution in [1.29, 1.82) is 5.41 Å². The fourth-order valence-corrected chi connectivity index (χ4v) is 1.80. The number of hydrogen-bond donors (Lipinski definition) is 2. The summed E-state index contributed by atoms with van der Waals surface area (Å²) < 4.78 is 19.4. The standard InChI is InChI=1S/C16H15FN2O/c1-2-9-20-13-6-3-11(4-7-13)14-8-5-12(16(18)19)10-15(14)17/h2-8,10H,1,9H2,(H3,18,19). The smallest absolute Gasteiger partial charge is 0.131 e. The van der Waals surface area contributed by atoms with Gasteiger partial charge < -0.3 is 10.5 Å². The van der Waals surface area contributed by atoms with Crippen LogP contribution in [0.2, 0.25) is 0 Å². The van der Waals surface area contributed by atoms with E-state index in [1.165, 1.54) is 6.07 Å². The number of rotatable bonds is 5. The highest BCUT2D eigenvalue weighted by Gasteiger charge is 2.07. The molecule has 0 bridgehead atoms. The van der Waals surface area contributed by atoms with E-state index in [9.17, 15) is 4.39 Å². The SMILES string of the molecule is C=CCOc1ccc(-c2ccc(C(=N)N)cc2F)cc1. The molecule has 0 saturated heterocycles. The van der Waals surface area contributed by atoms with Gasteiger partial charge in [-0.05, 0) is 23.8 Å². The number of nitrogen functional groups attached to an aromatic ring is 1. The van der Waals surface area contributed by atoms with Crippen LogP contribution in [0, 0.1) is 11.2 Å². The van der Waals surface area contributed by atoms with Crippen LogP contribution in [0.1, 0.15) is 5.56 Å². The summed E-state index contributed by atoms with van der Waals surface area (Å²) in [6.45, 7) is 4.00. The quantitative estimate of drug-likeness (QED) is 0.497. The first kappa shape index (κ1) is 13.8. The summed E-state index contributed by atoms with van der Waals surface area (Å²) in [5.41, 5.74) is 6.90. The van der Waals surface area contributed by atoms with Gasteiger partial charge in [-0.2, -0.15) is 0 Å². The van der Waals surface area contributed by atoms with Crippen molar-refractivity contribution in [3.05, 3.63) is 66.5 Å². The van der Waals surface area contributed by atoms with Crippen molar-refractivity contribution < 1.29 is 9.13 Å². The molecular weight excluding hydrogens is 255 g/mol. The molecule has 2 rings (SSSR count). The lowest BCUT2D eigenvalue weighted by molar-refractivity contribution is 0.363. The van der Waals surface area contributed by atoms with Gasteiger partial charge in [-0.25, -0.2) is 4.39 Å². The van der Waals surface area contributed by atoms with Gasteiger partial charge in [0.2, 0.25) is 0 Å². The molecule has 0 heterocycles. The normalized spacial score (nSPS) is 10.1. The number of benzene rings is 2. The second-order valence-electron chi connectivity index (χ2n) is 4.23. The van der Waals surface area contributed by atoms with Gasteiger partial charge in [-0.1, -0.05) is 36.9 Å². The van der Waals surface area contributed by atoms with Crippen LogP contribution < -0.4 is 10.5 Å². The van der Waals surface area contributed by atoms with Crippen LogP contribution in [0.4, 0.5) is 4.39 Å². The predicted molar refractivity (Wildman–Crippen MR) is 78.5 cm³/mol.